The van der Waals surface area contributed by atoms with Crippen molar-refractivity contribution >= 4 is 33.0 Å². The Labute approximate surface area is 235 Å². The summed E-state index contributed by atoms with van der Waals surface area (Å²) >= 11 is 0. The fraction of sp³-hybridized carbons (Fsp3) is 0.276. The van der Waals surface area contributed by atoms with E-state index in [9.17, 15) is 8.42 Å². The summed E-state index contributed by atoms with van der Waals surface area (Å²) in [4.78, 5) is 15.4. The molecule has 1 saturated heterocycles. The van der Waals surface area contributed by atoms with Gasteiger partial charge in [-0.2, -0.15) is 0 Å². The van der Waals surface area contributed by atoms with E-state index in [4.69, 9.17) is 0 Å². The van der Waals surface area contributed by atoms with Gasteiger partial charge in [-0.05, 0) is 73.6 Å². The molecular formula is C29H34N8O2S. The Morgan fingerprint density at radius 1 is 0.950 bits per heavy atom. The first-order valence-corrected chi connectivity index (χ1v) is 15.0. The third-order valence-electron chi connectivity index (χ3n) is 6.82. The van der Waals surface area contributed by atoms with Gasteiger partial charge in [0.2, 0.25) is 16.0 Å². The highest BCUT2D eigenvalue weighted by molar-refractivity contribution is 7.92. The fourth-order valence-corrected chi connectivity index (χ4v) is 5.58. The van der Waals surface area contributed by atoms with Gasteiger partial charge in [0.05, 0.1) is 23.3 Å². The van der Waals surface area contributed by atoms with E-state index in [2.05, 4.69) is 42.7 Å². The second-order valence-electron chi connectivity index (χ2n) is 9.95. The predicted octanol–water partition coefficient (Wildman–Crippen LogP) is 3.94. The van der Waals surface area contributed by atoms with E-state index < -0.39 is 10.0 Å². The van der Waals surface area contributed by atoms with Crippen LogP contribution in [0, 0.1) is 6.92 Å². The molecule has 0 radical (unpaired) electrons. The summed E-state index contributed by atoms with van der Waals surface area (Å²) in [5, 5.41) is 5.49. The van der Waals surface area contributed by atoms with Crippen LogP contribution in [0.5, 0.6) is 0 Å². The summed E-state index contributed by atoms with van der Waals surface area (Å²) in [5.74, 6) is 0.443. The molecule has 0 amide bonds. The molecule has 0 aliphatic carbocycles. The maximum atomic E-state index is 12.9. The summed E-state index contributed by atoms with van der Waals surface area (Å²) in [6.45, 7) is 6.63. The molecule has 208 valence electrons. The number of benzene rings is 2. The van der Waals surface area contributed by atoms with Gasteiger partial charge in [-0.3, -0.25) is 10.4 Å². The lowest BCUT2D eigenvalue weighted by Crippen LogP contribution is -2.50. The molecule has 2 N–H and O–H groups in total. The van der Waals surface area contributed by atoms with Crippen LogP contribution in [0.4, 0.5) is 23.0 Å². The summed E-state index contributed by atoms with van der Waals surface area (Å²) < 4.78 is 27.2. The number of likely N-dealkylation sites (N-methyl/N-ethyl adjacent to an activating group) is 1. The Balaban J connectivity index is 1.31. The summed E-state index contributed by atoms with van der Waals surface area (Å²) in [7, 11) is -1.46. The van der Waals surface area contributed by atoms with Crippen molar-refractivity contribution in [2.24, 2.45) is 0 Å². The molecular weight excluding hydrogens is 524 g/mol. The van der Waals surface area contributed by atoms with E-state index >= 15 is 0 Å². The normalized spacial score (nSPS) is 14.7. The maximum Gasteiger partial charge on any atom is 0.236 e. The van der Waals surface area contributed by atoms with Crippen molar-refractivity contribution < 1.29 is 8.42 Å². The van der Waals surface area contributed by atoms with Gasteiger partial charge in [0.15, 0.2) is 0 Å². The third-order valence-corrected chi connectivity index (χ3v) is 7.90. The van der Waals surface area contributed by atoms with Crippen LogP contribution in [0.2, 0.25) is 0 Å². The summed E-state index contributed by atoms with van der Waals surface area (Å²) in [6, 6.07) is 18.7. The number of anilines is 4. The molecule has 1 aliphatic rings. The highest BCUT2D eigenvalue weighted by Gasteiger charge is 2.21. The number of piperazine rings is 1. The molecule has 11 heteroatoms. The van der Waals surface area contributed by atoms with E-state index in [1.807, 2.05) is 61.5 Å². The zero-order chi connectivity index (χ0) is 28.1. The fourth-order valence-electron chi connectivity index (χ4n) is 4.58. The average Bonchev–Trinajstić information content (AvgIpc) is 2.95. The van der Waals surface area contributed by atoms with Crippen molar-refractivity contribution in [1.29, 1.82) is 0 Å². The minimum absolute atomic E-state index is 0.443. The standard InChI is InChI=1S/C29H34N8O2S/c1-22-19-26(10-11-27(22)33-29-31-14-12-28(34-29)24-5-4-13-30-21-24)37(40(3,38)39)25-8-6-23(7-9-25)20-32-36-17-15-35(2)16-18-36/h4-14,19,21,32H,15-18,20H2,1-3H3,(H,31,33,34). The number of sulfonamides is 1. The number of aryl methyl sites for hydroxylation is 1. The first-order chi connectivity index (χ1) is 19.3. The average molecular weight is 559 g/mol. The van der Waals surface area contributed by atoms with Gasteiger partial charge in [-0.1, -0.05) is 12.1 Å². The number of pyridine rings is 1. The molecule has 0 unspecified atom stereocenters. The topological polar surface area (TPSA) is 107 Å². The number of hydrogen-bond donors (Lipinski definition) is 2. The quantitative estimate of drug-likeness (QED) is 0.316. The van der Waals surface area contributed by atoms with Gasteiger partial charge < -0.3 is 10.2 Å². The van der Waals surface area contributed by atoms with Crippen LogP contribution in [0.1, 0.15) is 11.1 Å². The Kier molecular flexibility index (Phi) is 8.36. The third kappa shape index (κ3) is 6.80. The molecule has 0 atom stereocenters. The molecule has 3 heterocycles. The van der Waals surface area contributed by atoms with Crippen LogP contribution >= 0.6 is 0 Å². The first kappa shape index (κ1) is 27.7. The van der Waals surface area contributed by atoms with Crippen LogP contribution in [0.15, 0.2) is 79.3 Å². The number of nitrogens with one attached hydrogen (secondary N) is 2. The molecule has 0 saturated carbocycles. The minimum Gasteiger partial charge on any atom is -0.324 e. The second kappa shape index (κ2) is 12.1. The molecule has 2 aromatic carbocycles. The largest absolute Gasteiger partial charge is 0.324 e. The van der Waals surface area contributed by atoms with Crippen LogP contribution in [0.3, 0.4) is 0 Å². The summed E-state index contributed by atoms with van der Waals surface area (Å²) in [5.41, 5.74) is 8.98. The molecule has 5 rings (SSSR count). The lowest BCUT2D eigenvalue weighted by molar-refractivity contribution is 0.102. The van der Waals surface area contributed by atoms with E-state index in [0.29, 0.717) is 23.9 Å². The zero-order valence-electron chi connectivity index (χ0n) is 22.9. The molecule has 4 aromatic rings. The first-order valence-electron chi connectivity index (χ1n) is 13.1. The Hall–Kier alpha value is -3.90. The minimum atomic E-state index is -3.59. The van der Waals surface area contributed by atoms with Gasteiger partial charge in [0.25, 0.3) is 0 Å². The van der Waals surface area contributed by atoms with Gasteiger partial charge in [-0.15, -0.1) is 0 Å². The van der Waals surface area contributed by atoms with Crippen LogP contribution in [0.25, 0.3) is 11.3 Å². The van der Waals surface area contributed by atoms with Crippen molar-refractivity contribution in [3.63, 3.8) is 0 Å². The molecule has 0 bridgehead atoms. The highest BCUT2D eigenvalue weighted by Crippen LogP contribution is 2.32. The molecule has 1 aliphatic heterocycles. The van der Waals surface area contributed by atoms with Crippen LogP contribution in [-0.2, 0) is 16.6 Å². The molecule has 40 heavy (non-hydrogen) atoms. The molecule has 0 spiro atoms. The maximum absolute atomic E-state index is 12.9. The van der Waals surface area contributed by atoms with E-state index in [1.165, 1.54) is 10.6 Å². The SMILES string of the molecule is Cc1cc(N(c2ccc(CNN3CCN(C)CC3)cc2)S(C)(=O)=O)ccc1Nc1nccc(-c2cccnc2)n1. The Bertz CT molecular complexity index is 1540. The van der Waals surface area contributed by atoms with E-state index in [-0.39, 0.29) is 0 Å². The number of aromatic nitrogens is 3. The predicted molar refractivity (Wildman–Crippen MR) is 159 cm³/mol. The monoisotopic (exact) mass is 558 g/mol. The van der Waals surface area contributed by atoms with E-state index in [1.54, 1.807) is 24.7 Å². The highest BCUT2D eigenvalue weighted by atomic mass is 32.2. The lowest BCUT2D eigenvalue weighted by Gasteiger charge is -2.32. The van der Waals surface area contributed by atoms with Crippen LogP contribution < -0.4 is 15.0 Å². The number of rotatable bonds is 9. The Morgan fingerprint density at radius 2 is 1.70 bits per heavy atom. The van der Waals surface area contributed by atoms with Crippen molar-refractivity contribution in [2.45, 2.75) is 13.5 Å². The van der Waals surface area contributed by atoms with Gasteiger partial charge >= 0.3 is 0 Å². The number of hydrazine groups is 1. The number of nitrogens with zero attached hydrogens (tertiary/aromatic N) is 6. The molecule has 1 fully saturated rings. The van der Waals surface area contributed by atoms with Crippen molar-refractivity contribution in [3.8, 4) is 11.3 Å². The smallest absolute Gasteiger partial charge is 0.236 e. The van der Waals surface area contributed by atoms with Gasteiger partial charge in [0.1, 0.15) is 0 Å². The van der Waals surface area contributed by atoms with Gasteiger partial charge in [0, 0.05) is 62.6 Å². The Morgan fingerprint density at radius 3 is 2.38 bits per heavy atom. The van der Waals surface area contributed by atoms with Crippen molar-refractivity contribution in [3.05, 3.63) is 90.4 Å². The lowest BCUT2D eigenvalue weighted by atomic mass is 10.1. The van der Waals surface area contributed by atoms with Gasteiger partial charge in [-0.25, -0.2) is 27.7 Å². The van der Waals surface area contributed by atoms with Crippen LogP contribution in [-0.4, -0.2) is 72.8 Å². The van der Waals surface area contributed by atoms with Crippen molar-refractivity contribution in [2.75, 3.05) is 49.1 Å². The van der Waals surface area contributed by atoms with E-state index in [0.717, 1.165) is 54.3 Å². The summed E-state index contributed by atoms with van der Waals surface area (Å²) in [6.07, 6.45) is 6.38. The molecule has 2 aromatic heterocycles. The molecule has 10 nitrogen and oxygen atoms in total. The zero-order valence-corrected chi connectivity index (χ0v) is 23.8. The second-order valence-corrected chi connectivity index (χ2v) is 11.8. The number of hydrogen-bond acceptors (Lipinski definition) is 9. The van der Waals surface area contributed by atoms with Crippen molar-refractivity contribution in [1.82, 2.24) is 30.3 Å².